The lowest BCUT2D eigenvalue weighted by Gasteiger charge is -2.04. The van der Waals surface area contributed by atoms with Crippen LogP contribution in [0.15, 0.2) is 30.5 Å². The summed E-state index contributed by atoms with van der Waals surface area (Å²) in [6, 6.07) is 6.08. The Balaban J connectivity index is 2.35. The normalized spacial score (nSPS) is 11.2. The van der Waals surface area contributed by atoms with Gasteiger partial charge in [0.2, 0.25) is 0 Å². The number of aromatic nitrogens is 2. The third-order valence-corrected chi connectivity index (χ3v) is 3.62. The number of pyridine rings is 1. The Labute approximate surface area is 124 Å². The van der Waals surface area contributed by atoms with Gasteiger partial charge in [-0.2, -0.15) is 0 Å². The number of nitrogens with two attached hydrogens (primary N) is 1. The fourth-order valence-electron chi connectivity index (χ4n) is 2.14. The average Bonchev–Trinajstić information content (AvgIpc) is 2.71. The maximum atomic E-state index is 13.4. The van der Waals surface area contributed by atoms with Crippen molar-refractivity contribution in [1.82, 2.24) is 9.38 Å². The number of nitrogen functional groups attached to an aromatic ring is 1. The predicted octanol–water partition coefficient (Wildman–Crippen LogP) is 4.34. The number of halogens is 3. The summed E-state index contributed by atoms with van der Waals surface area (Å²) in [4.78, 5) is 4.41. The minimum absolute atomic E-state index is 0.341. The van der Waals surface area contributed by atoms with Crippen LogP contribution in [0, 0.1) is 12.7 Å². The van der Waals surface area contributed by atoms with Crippen LogP contribution in [0.5, 0.6) is 0 Å². The molecule has 20 heavy (non-hydrogen) atoms. The van der Waals surface area contributed by atoms with Gasteiger partial charge in [-0.15, -0.1) is 0 Å². The Hall–Kier alpha value is -1.78. The first kappa shape index (κ1) is 13.2. The van der Waals surface area contributed by atoms with E-state index in [2.05, 4.69) is 4.98 Å². The number of imidazole rings is 1. The molecule has 2 heterocycles. The van der Waals surface area contributed by atoms with Crippen LogP contribution in [0.2, 0.25) is 10.0 Å². The third-order valence-electron chi connectivity index (χ3n) is 3.13. The molecule has 0 spiro atoms. The van der Waals surface area contributed by atoms with E-state index in [0.29, 0.717) is 32.8 Å². The SMILES string of the molecule is Cc1ccc(F)cc1-c1nc2c(Cl)cc(Cl)cn2c1N. The topological polar surface area (TPSA) is 43.3 Å². The van der Waals surface area contributed by atoms with E-state index in [4.69, 9.17) is 28.9 Å². The van der Waals surface area contributed by atoms with Gasteiger partial charge in [-0.25, -0.2) is 9.37 Å². The Kier molecular flexibility index (Phi) is 3.07. The zero-order valence-corrected chi connectivity index (χ0v) is 12.0. The third kappa shape index (κ3) is 2.01. The fraction of sp³-hybridized carbons (Fsp3) is 0.0714. The molecule has 2 N–H and O–H groups in total. The van der Waals surface area contributed by atoms with Crippen LogP contribution in [-0.4, -0.2) is 9.38 Å². The maximum Gasteiger partial charge on any atom is 0.158 e. The summed E-state index contributed by atoms with van der Waals surface area (Å²) >= 11 is 12.1. The minimum atomic E-state index is -0.341. The van der Waals surface area contributed by atoms with Crippen LogP contribution in [-0.2, 0) is 0 Å². The standard InChI is InChI=1S/C14H10Cl2FN3/c1-7-2-3-9(17)5-10(7)12-13(18)20-6-8(15)4-11(16)14(20)19-12/h2-6H,18H2,1H3. The van der Waals surface area contributed by atoms with E-state index in [9.17, 15) is 4.39 Å². The van der Waals surface area contributed by atoms with E-state index in [1.165, 1.54) is 12.1 Å². The van der Waals surface area contributed by atoms with Crippen molar-refractivity contribution in [3.63, 3.8) is 0 Å². The highest BCUT2D eigenvalue weighted by Crippen LogP contribution is 2.32. The molecule has 3 nitrogen and oxygen atoms in total. The highest BCUT2D eigenvalue weighted by molar-refractivity contribution is 6.36. The predicted molar refractivity (Wildman–Crippen MR) is 79.8 cm³/mol. The first-order valence-electron chi connectivity index (χ1n) is 5.86. The van der Waals surface area contributed by atoms with Crippen molar-refractivity contribution in [2.75, 3.05) is 5.73 Å². The molecule has 0 saturated carbocycles. The summed E-state index contributed by atoms with van der Waals surface area (Å²) in [6.45, 7) is 1.87. The smallest absolute Gasteiger partial charge is 0.158 e. The van der Waals surface area contributed by atoms with Crippen molar-refractivity contribution < 1.29 is 4.39 Å². The Morgan fingerprint density at radius 3 is 2.75 bits per heavy atom. The molecule has 0 aliphatic heterocycles. The van der Waals surface area contributed by atoms with Gasteiger partial charge >= 0.3 is 0 Å². The van der Waals surface area contributed by atoms with Crippen molar-refractivity contribution in [3.05, 3.63) is 51.9 Å². The highest BCUT2D eigenvalue weighted by atomic mass is 35.5. The number of anilines is 1. The molecular weight excluding hydrogens is 300 g/mol. The summed E-state index contributed by atoms with van der Waals surface area (Å²) in [5.74, 6) is 0.0317. The van der Waals surface area contributed by atoms with E-state index in [1.807, 2.05) is 6.92 Å². The molecule has 0 aliphatic rings. The van der Waals surface area contributed by atoms with Gasteiger partial charge in [-0.05, 0) is 30.7 Å². The number of nitrogens with zero attached hydrogens (tertiary/aromatic N) is 2. The molecule has 102 valence electrons. The average molecular weight is 310 g/mol. The van der Waals surface area contributed by atoms with Gasteiger partial charge in [-0.1, -0.05) is 29.3 Å². The molecule has 3 aromatic rings. The highest BCUT2D eigenvalue weighted by Gasteiger charge is 2.16. The molecule has 0 saturated heterocycles. The quantitative estimate of drug-likeness (QED) is 0.726. The number of hydrogen-bond acceptors (Lipinski definition) is 2. The summed E-state index contributed by atoms with van der Waals surface area (Å²) in [5.41, 5.74) is 8.59. The second kappa shape index (κ2) is 4.65. The van der Waals surface area contributed by atoms with Crippen LogP contribution < -0.4 is 5.73 Å². The molecule has 0 fully saturated rings. The summed E-state index contributed by atoms with van der Waals surface area (Å²) in [6.07, 6.45) is 1.63. The maximum absolute atomic E-state index is 13.4. The Bertz CT molecular complexity index is 827. The van der Waals surface area contributed by atoms with E-state index >= 15 is 0 Å². The van der Waals surface area contributed by atoms with Gasteiger partial charge in [-0.3, -0.25) is 4.40 Å². The van der Waals surface area contributed by atoms with Gasteiger partial charge < -0.3 is 5.73 Å². The summed E-state index contributed by atoms with van der Waals surface area (Å²) < 4.78 is 15.0. The fourth-order valence-corrected chi connectivity index (χ4v) is 2.65. The van der Waals surface area contributed by atoms with Crippen LogP contribution >= 0.6 is 23.2 Å². The van der Waals surface area contributed by atoms with Crippen LogP contribution in [0.3, 0.4) is 0 Å². The first-order valence-corrected chi connectivity index (χ1v) is 6.62. The molecule has 2 aromatic heterocycles. The van der Waals surface area contributed by atoms with E-state index < -0.39 is 0 Å². The van der Waals surface area contributed by atoms with Crippen molar-refractivity contribution in [3.8, 4) is 11.3 Å². The molecule has 0 unspecified atom stereocenters. The number of hydrogen-bond donors (Lipinski definition) is 1. The van der Waals surface area contributed by atoms with Crippen molar-refractivity contribution in [1.29, 1.82) is 0 Å². The lowest BCUT2D eigenvalue weighted by atomic mass is 10.1. The van der Waals surface area contributed by atoms with Gasteiger partial charge in [0.25, 0.3) is 0 Å². The second-order valence-electron chi connectivity index (χ2n) is 4.50. The van der Waals surface area contributed by atoms with E-state index in [1.54, 1.807) is 22.7 Å². The molecule has 1 aromatic carbocycles. The number of rotatable bonds is 1. The van der Waals surface area contributed by atoms with E-state index in [0.717, 1.165) is 5.56 Å². The Morgan fingerprint density at radius 1 is 1.25 bits per heavy atom. The summed E-state index contributed by atoms with van der Waals surface area (Å²) in [5, 5.41) is 0.846. The van der Waals surface area contributed by atoms with Crippen LogP contribution in [0.4, 0.5) is 10.2 Å². The van der Waals surface area contributed by atoms with Gasteiger partial charge in [0, 0.05) is 11.8 Å². The first-order chi connectivity index (χ1) is 9.47. The Morgan fingerprint density at radius 2 is 2.00 bits per heavy atom. The molecule has 6 heteroatoms. The molecule has 3 rings (SSSR count). The lowest BCUT2D eigenvalue weighted by Crippen LogP contribution is -1.95. The largest absolute Gasteiger partial charge is 0.383 e. The van der Waals surface area contributed by atoms with Crippen molar-refractivity contribution in [2.45, 2.75) is 6.92 Å². The van der Waals surface area contributed by atoms with Crippen LogP contribution in [0.1, 0.15) is 5.56 Å². The molecule has 0 amide bonds. The molecule has 0 radical (unpaired) electrons. The second-order valence-corrected chi connectivity index (χ2v) is 5.35. The minimum Gasteiger partial charge on any atom is -0.383 e. The molecule has 0 bridgehead atoms. The zero-order chi connectivity index (χ0) is 14.4. The zero-order valence-electron chi connectivity index (χ0n) is 10.5. The van der Waals surface area contributed by atoms with Gasteiger partial charge in [0.05, 0.1) is 10.0 Å². The van der Waals surface area contributed by atoms with E-state index in [-0.39, 0.29) is 5.82 Å². The molecular formula is C14H10Cl2FN3. The summed E-state index contributed by atoms with van der Waals surface area (Å²) in [7, 11) is 0. The number of aryl methyl sites for hydroxylation is 1. The number of benzene rings is 1. The molecule has 0 atom stereocenters. The molecule has 0 aliphatic carbocycles. The van der Waals surface area contributed by atoms with Crippen molar-refractivity contribution in [2.24, 2.45) is 0 Å². The number of fused-ring (bicyclic) bond motifs is 1. The van der Waals surface area contributed by atoms with Gasteiger partial charge in [0.1, 0.15) is 17.3 Å². The van der Waals surface area contributed by atoms with Crippen molar-refractivity contribution >= 4 is 34.7 Å². The monoisotopic (exact) mass is 309 g/mol. The van der Waals surface area contributed by atoms with Crippen LogP contribution in [0.25, 0.3) is 16.9 Å². The van der Waals surface area contributed by atoms with Gasteiger partial charge in [0.15, 0.2) is 5.65 Å². The lowest BCUT2D eigenvalue weighted by molar-refractivity contribution is 0.628.